The molecule has 18 heavy (non-hydrogen) atoms. The summed E-state index contributed by atoms with van der Waals surface area (Å²) in [6.45, 7) is 2.22. The SMILES string of the molecule is CC(NCc1ccc(F)cc1F)c1ccc(Br)o1. The van der Waals surface area contributed by atoms with Crippen molar-refractivity contribution in [3.63, 3.8) is 0 Å². The zero-order valence-electron chi connectivity index (χ0n) is 9.71. The molecule has 0 saturated carbocycles. The highest BCUT2D eigenvalue weighted by atomic mass is 79.9. The van der Waals surface area contributed by atoms with Gasteiger partial charge in [-0.15, -0.1) is 0 Å². The molecule has 0 aliphatic carbocycles. The summed E-state index contributed by atoms with van der Waals surface area (Å²) in [6, 6.07) is 7.14. The standard InChI is InChI=1S/C13H12BrF2NO/c1-8(12-4-5-13(14)18-12)17-7-9-2-3-10(15)6-11(9)16/h2-6,8,17H,7H2,1H3. The van der Waals surface area contributed by atoms with Crippen molar-refractivity contribution in [3.05, 3.63) is 58.0 Å². The monoisotopic (exact) mass is 315 g/mol. The zero-order chi connectivity index (χ0) is 13.1. The lowest BCUT2D eigenvalue weighted by Gasteiger charge is -2.11. The van der Waals surface area contributed by atoms with Gasteiger partial charge in [0.25, 0.3) is 0 Å². The van der Waals surface area contributed by atoms with Crippen molar-refractivity contribution >= 4 is 15.9 Å². The first kappa shape index (κ1) is 13.2. The first-order chi connectivity index (χ1) is 8.56. The van der Waals surface area contributed by atoms with Crippen molar-refractivity contribution in [1.29, 1.82) is 0 Å². The molecule has 0 saturated heterocycles. The second-order valence-electron chi connectivity index (χ2n) is 3.98. The molecule has 5 heteroatoms. The van der Waals surface area contributed by atoms with Gasteiger partial charge in [-0.05, 0) is 41.1 Å². The van der Waals surface area contributed by atoms with Crippen molar-refractivity contribution in [2.75, 3.05) is 0 Å². The molecule has 0 fully saturated rings. The maximum absolute atomic E-state index is 13.4. The maximum atomic E-state index is 13.4. The van der Waals surface area contributed by atoms with Crippen LogP contribution in [0.1, 0.15) is 24.3 Å². The van der Waals surface area contributed by atoms with Crippen LogP contribution in [0.2, 0.25) is 0 Å². The molecule has 1 atom stereocenters. The summed E-state index contributed by atoms with van der Waals surface area (Å²) in [5, 5.41) is 3.11. The van der Waals surface area contributed by atoms with Gasteiger partial charge in [-0.3, -0.25) is 0 Å². The Labute approximate surface area is 112 Å². The van der Waals surface area contributed by atoms with Crippen molar-refractivity contribution in [3.8, 4) is 0 Å². The highest BCUT2D eigenvalue weighted by Crippen LogP contribution is 2.20. The summed E-state index contributed by atoms with van der Waals surface area (Å²) in [6.07, 6.45) is 0. The molecule has 0 bridgehead atoms. The van der Waals surface area contributed by atoms with E-state index in [2.05, 4.69) is 21.2 Å². The van der Waals surface area contributed by atoms with Gasteiger partial charge in [-0.2, -0.15) is 0 Å². The Morgan fingerprint density at radius 2 is 2.06 bits per heavy atom. The third kappa shape index (κ3) is 3.17. The molecule has 0 spiro atoms. The molecule has 0 aliphatic rings. The van der Waals surface area contributed by atoms with Crippen molar-refractivity contribution in [2.24, 2.45) is 0 Å². The van der Waals surface area contributed by atoms with E-state index in [1.54, 1.807) is 6.07 Å². The normalized spacial score (nSPS) is 12.7. The summed E-state index contributed by atoms with van der Waals surface area (Å²) in [7, 11) is 0. The minimum absolute atomic E-state index is 0.0549. The van der Waals surface area contributed by atoms with E-state index in [0.29, 0.717) is 16.8 Å². The van der Waals surface area contributed by atoms with E-state index >= 15 is 0 Å². The van der Waals surface area contributed by atoms with Crippen molar-refractivity contribution in [1.82, 2.24) is 5.32 Å². The van der Waals surface area contributed by atoms with Crippen LogP contribution >= 0.6 is 15.9 Å². The summed E-state index contributed by atoms with van der Waals surface area (Å²) in [4.78, 5) is 0. The molecule has 1 heterocycles. The van der Waals surface area contributed by atoms with E-state index in [-0.39, 0.29) is 6.04 Å². The fraction of sp³-hybridized carbons (Fsp3) is 0.231. The van der Waals surface area contributed by atoms with E-state index in [1.807, 2.05) is 13.0 Å². The molecule has 1 unspecified atom stereocenters. The maximum Gasteiger partial charge on any atom is 0.169 e. The summed E-state index contributed by atoms with van der Waals surface area (Å²) in [5.74, 6) is -0.362. The Balaban J connectivity index is 1.99. The summed E-state index contributed by atoms with van der Waals surface area (Å²) in [5.41, 5.74) is 0.425. The Bertz CT molecular complexity index is 542. The van der Waals surface area contributed by atoms with E-state index in [9.17, 15) is 8.78 Å². The molecule has 2 nitrogen and oxygen atoms in total. The smallest absolute Gasteiger partial charge is 0.169 e. The molecule has 0 aliphatic heterocycles. The number of nitrogens with one attached hydrogen (secondary N) is 1. The van der Waals surface area contributed by atoms with Gasteiger partial charge in [0.15, 0.2) is 4.67 Å². The van der Waals surface area contributed by atoms with Crippen LogP contribution in [-0.4, -0.2) is 0 Å². The Morgan fingerprint density at radius 1 is 1.28 bits per heavy atom. The summed E-state index contributed by atoms with van der Waals surface area (Å²) < 4.78 is 32.2. The highest BCUT2D eigenvalue weighted by Gasteiger charge is 2.10. The molecular formula is C13H12BrF2NO. The molecule has 1 N–H and O–H groups in total. The van der Waals surface area contributed by atoms with Gasteiger partial charge >= 0.3 is 0 Å². The van der Waals surface area contributed by atoms with Crippen LogP contribution in [0.25, 0.3) is 0 Å². The van der Waals surface area contributed by atoms with Crippen LogP contribution < -0.4 is 5.32 Å². The molecule has 96 valence electrons. The average molecular weight is 316 g/mol. The van der Waals surface area contributed by atoms with Gasteiger partial charge < -0.3 is 9.73 Å². The van der Waals surface area contributed by atoms with Crippen molar-refractivity contribution < 1.29 is 13.2 Å². The minimum Gasteiger partial charge on any atom is -0.453 e. The van der Waals surface area contributed by atoms with E-state index < -0.39 is 11.6 Å². The highest BCUT2D eigenvalue weighted by molar-refractivity contribution is 9.10. The lowest BCUT2D eigenvalue weighted by Crippen LogP contribution is -2.18. The van der Waals surface area contributed by atoms with Gasteiger partial charge in [0.1, 0.15) is 17.4 Å². The number of hydrogen-bond acceptors (Lipinski definition) is 2. The number of rotatable bonds is 4. The predicted octanol–water partition coefficient (Wildman–Crippen LogP) is 4.17. The van der Waals surface area contributed by atoms with Gasteiger partial charge in [0, 0.05) is 18.2 Å². The Kier molecular flexibility index (Phi) is 4.14. The fourth-order valence-corrected chi connectivity index (χ4v) is 1.91. The number of halogens is 3. The van der Waals surface area contributed by atoms with Crippen LogP contribution in [0.4, 0.5) is 8.78 Å². The molecule has 2 aromatic rings. The van der Waals surface area contributed by atoms with E-state index in [0.717, 1.165) is 11.8 Å². The first-order valence-electron chi connectivity index (χ1n) is 5.49. The third-order valence-electron chi connectivity index (χ3n) is 2.63. The van der Waals surface area contributed by atoms with Gasteiger partial charge in [-0.25, -0.2) is 8.78 Å². The van der Waals surface area contributed by atoms with Crippen LogP contribution in [-0.2, 0) is 6.54 Å². The third-order valence-corrected chi connectivity index (χ3v) is 3.06. The topological polar surface area (TPSA) is 25.2 Å². The fourth-order valence-electron chi connectivity index (χ4n) is 1.59. The minimum atomic E-state index is -0.570. The molecule has 2 rings (SSSR count). The van der Waals surface area contributed by atoms with Crippen LogP contribution in [0.5, 0.6) is 0 Å². The van der Waals surface area contributed by atoms with E-state index in [4.69, 9.17) is 4.42 Å². The molecule has 1 aromatic heterocycles. The predicted molar refractivity (Wildman–Crippen MR) is 68.0 cm³/mol. The first-order valence-corrected chi connectivity index (χ1v) is 6.28. The second-order valence-corrected chi connectivity index (χ2v) is 4.76. The van der Waals surface area contributed by atoms with Crippen molar-refractivity contribution in [2.45, 2.75) is 19.5 Å². The van der Waals surface area contributed by atoms with Crippen LogP contribution in [0.15, 0.2) is 39.4 Å². The van der Waals surface area contributed by atoms with Crippen LogP contribution in [0, 0.1) is 11.6 Å². The molecule has 1 aromatic carbocycles. The lowest BCUT2D eigenvalue weighted by molar-refractivity contribution is 0.415. The zero-order valence-corrected chi connectivity index (χ0v) is 11.3. The molecule has 0 radical (unpaired) electrons. The van der Waals surface area contributed by atoms with Crippen LogP contribution in [0.3, 0.4) is 0 Å². The van der Waals surface area contributed by atoms with Gasteiger partial charge in [0.2, 0.25) is 0 Å². The Morgan fingerprint density at radius 3 is 2.67 bits per heavy atom. The van der Waals surface area contributed by atoms with Gasteiger partial charge in [-0.1, -0.05) is 6.07 Å². The lowest BCUT2D eigenvalue weighted by atomic mass is 10.2. The largest absolute Gasteiger partial charge is 0.453 e. The number of benzene rings is 1. The molecular weight excluding hydrogens is 304 g/mol. The number of hydrogen-bond donors (Lipinski definition) is 1. The molecule has 0 amide bonds. The van der Waals surface area contributed by atoms with Gasteiger partial charge in [0.05, 0.1) is 6.04 Å². The van der Waals surface area contributed by atoms with E-state index in [1.165, 1.54) is 12.1 Å². The summed E-state index contributed by atoms with van der Waals surface area (Å²) >= 11 is 3.22. The number of furan rings is 1. The second kappa shape index (κ2) is 5.63. The Hall–Kier alpha value is -1.20. The quantitative estimate of drug-likeness (QED) is 0.916. The average Bonchev–Trinajstić information content (AvgIpc) is 2.74.